The molecule has 0 aliphatic heterocycles. The number of aromatic nitrogens is 3. The van der Waals surface area contributed by atoms with Crippen LogP contribution in [0.5, 0.6) is 0 Å². The van der Waals surface area contributed by atoms with Gasteiger partial charge in [0.2, 0.25) is 0 Å². The smallest absolute Gasteiger partial charge is 0.139 e. The Morgan fingerprint density at radius 1 is 1.38 bits per heavy atom. The molecule has 0 unspecified atom stereocenters. The molecule has 0 aliphatic rings. The average molecular weight is 234 g/mol. The number of aryl methyl sites for hydroxylation is 2. The van der Waals surface area contributed by atoms with E-state index in [0.717, 1.165) is 28.5 Å². The van der Waals surface area contributed by atoms with E-state index >= 15 is 0 Å². The third-order valence-corrected chi connectivity index (χ3v) is 2.67. The molecule has 0 fully saturated rings. The number of hydrogen-bond acceptors (Lipinski definition) is 2. The van der Waals surface area contributed by atoms with Crippen LogP contribution >= 0.6 is 11.6 Å². The number of nitrogens with zero attached hydrogens (tertiary/aromatic N) is 2. The van der Waals surface area contributed by atoms with E-state index in [4.69, 9.17) is 11.6 Å². The monoisotopic (exact) mass is 233 g/mol. The summed E-state index contributed by atoms with van der Waals surface area (Å²) in [5.41, 5.74) is 3.57. The number of imidazole rings is 1. The molecule has 0 aromatic carbocycles. The van der Waals surface area contributed by atoms with Crippen molar-refractivity contribution in [3.63, 3.8) is 0 Å². The quantitative estimate of drug-likeness (QED) is 0.866. The molecule has 0 aliphatic carbocycles. The Bertz CT molecular complexity index is 506. The molecular formula is C12H12ClN3. The zero-order valence-electron chi connectivity index (χ0n) is 9.21. The molecule has 1 N–H and O–H groups in total. The van der Waals surface area contributed by atoms with Crippen LogP contribution in [-0.4, -0.2) is 15.0 Å². The second kappa shape index (κ2) is 4.10. The van der Waals surface area contributed by atoms with E-state index in [0.29, 0.717) is 5.02 Å². The Kier molecular flexibility index (Phi) is 2.79. The molecule has 2 aromatic rings. The molecule has 2 heterocycles. The van der Waals surface area contributed by atoms with Gasteiger partial charge in [-0.25, -0.2) is 4.98 Å². The largest absolute Gasteiger partial charge is 0.342 e. The summed E-state index contributed by atoms with van der Waals surface area (Å²) in [4.78, 5) is 11.8. The Labute approximate surface area is 99.2 Å². The van der Waals surface area contributed by atoms with Gasteiger partial charge in [0.25, 0.3) is 0 Å². The first-order chi connectivity index (χ1) is 7.58. The molecule has 0 atom stereocenters. The van der Waals surface area contributed by atoms with Gasteiger partial charge in [0.1, 0.15) is 5.82 Å². The van der Waals surface area contributed by atoms with Crippen LogP contribution in [0.25, 0.3) is 5.57 Å². The van der Waals surface area contributed by atoms with Crippen molar-refractivity contribution >= 4 is 17.2 Å². The fourth-order valence-corrected chi connectivity index (χ4v) is 1.48. The number of nitrogens with one attached hydrogen (secondary N) is 1. The van der Waals surface area contributed by atoms with Crippen molar-refractivity contribution < 1.29 is 0 Å². The molecule has 3 nitrogen and oxygen atoms in total. The number of hydrogen-bond donors (Lipinski definition) is 1. The molecule has 0 saturated carbocycles. The van der Waals surface area contributed by atoms with Crippen LogP contribution in [0.4, 0.5) is 0 Å². The number of rotatable bonds is 2. The van der Waals surface area contributed by atoms with E-state index in [1.807, 2.05) is 19.9 Å². The third-order valence-electron chi connectivity index (χ3n) is 2.45. The van der Waals surface area contributed by atoms with Crippen LogP contribution in [-0.2, 0) is 0 Å². The van der Waals surface area contributed by atoms with Gasteiger partial charge in [-0.05, 0) is 26.0 Å². The fraction of sp³-hybridized carbons (Fsp3) is 0.167. The van der Waals surface area contributed by atoms with Gasteiger partial charge >= 0.3 is 0 Å². The van der Waals surface area contributed by atoms with Crippen LogP contribution in [0.3, 0.4) is 0 Å². The molecule has 0 bridgehead atoms. The topological polar surface area (TPSA) is 41.6 Å². The Morgan fingerprint density at radius 2 is 2.12 bits per heavy atom. The molecule has 2 rings (SSSR count). The number of halogens is 1. The SMILES string of the molecule is C=C(c1ccc(Cl)cn1)c1nc(C)c(C)[nH]1. The highest BCUT2D eigenvalue weighted by molar-refractivity contribution is 6.30. The fourth-order valence-electron chi connectivity index (χ4n) is 1.37. The van der Waals surface area contributed by atoms with Gasteiger partial charge in [-0.1, -0.05) is 18.2 Å². The predicted molar refractivity (Wildman–Crippen MR) is 65.4 cm³/mol. The number of aromatic amines is 1. The van der Waals surface area contributed by atoms with Crippen molar-refractivity contribution in [3.05, 3.63) is 52.8 Å². The zero-order valence-corrected chi connectivity index (χ0v) is 9.97. The van der Waals surface area contributed by atoms with Crippen LogP contribution in [0.1, 0.15) is 22.9 Å². The molecule has 0 saturated heterocycles. The van der Waals surface area contributed by atoms with Crippen LogP contribution in [0.2, 0.25) is 5.02 Å². The molecule has 0 radical (unpaired) electrons. The molecular weight excluding hydrogens is 222 g/mol. The highest BCUT2D eigenvalue weighted by Gasteiger charge is 2.09. The summed E-state index contributed by atoms with van der Waals surface area (Å²) in [5.74, 6) is 0.754. The van der Waals surface area contributed by atoms with Crippen molar-refractivity contribution in [1.29, 1.82) is 0 Å². The van der Waals surface area contributed by atoms with Gasteiger partial charge in [-0.15, -0.1) is 0 Å². The van der Waals surface area contributed by atoms with Gasteiger partial charge in [0.15, 0.2) is 0 Å². The Morgan fingerprint density at radius 3 is 2.62 bits per heavy atom. The maximum atomic E-state index is 5.78. The van der Waals surface area contributed by atoms with Gasteiger partial charge in [-0.2, -0.15) is 0 Å². The third kappa shape index (κ3) is 1.99. The van der Waals surface area contributed by atoms with Crippen molar-refractivity contribution in [3.8, 4) is 0 Å². The predicted octanol–water partition coefficient (Wildman–Crippen LogP) is 3.14. The van der Waals surface area contributed by atoms with Crippen molar-refractivity contribution in [2.75, 3.05) is 0 Å². The van der Waals surface area contributed by atoms with E-state index in [2.05, 4.69) is 21.5 Å². The second-order valence-electron chi connectivity index (χ2n) is 3.64. The lowest BCUT2D eigenvalue weighted by Crippen LogP contribution is -1.92. The number of H-pyrrole nitrogens is 1. The van der Waals surface area contributed by atoms with E-state index < -0.39 is 0 Å². The van der Waals surface area contributed by atoms with E-state index in [1.54, 1.807) is 12.3 Å². The molecule has 82 valence electrons. The second-order valence-corrected chi connectivity index (χ2v) is 4.07. The summed E-state index contributed by atoms with van der Waals surface area (Å²) >= 11 is 5.78. The first-order valence-corrected chi connectivity index (χ1v) is 5.30. The number of pyridine rings is 1. The summed E-state index contributed by atoms with van der Waals surface area (Å²) < 4.78 is 0. The maximum Gasteiger partial charge on any atom is 0.139 e. The standard InChI is InChI=1S/C12H12ClN3/c1-7(11-5-4-10(13)6-14-11)12-15-8(2)9(3)16-12/h4-6H,1H2,2-3H3,(H,15,16). The molecule has 0 spiro atoms. The maximum absolute atomic E-state index is 5.78. The summed E-state index contributed by atoms with van der Waals surface area (Å²) in [5, 5.41) is 0.614. The first-order valence-electron chi connectivity index (χ1n) is 4.92. The first kappa shape index (κ1) is 10.9. The van der Waals surface area contributed by atoms with Crippen LogP contribution < -0.4 is 0 Å². The lowest BCUT2D eigenvalue weighted by atomic mass is 10.2. The minimum atomic E-state index is 0.614. The normalized spacial score (nSPS) is 10.4. The van der Waals surface area contributed by atoms with E-state index in [-0.39, 0.29) is 0 Å². The van der Waals surface area contributed by atoms with Crippen molar-refractivity contribution in [2.45, 2.75) is 13.8 Å². The summed E-state index contributed by atoms with van der Waals surface area (Å²) in [6.45, 7) is 7.92. The lowest BCUT2D eigenvalue weighted by molar-refractivity contribution is 1.17. The molecule has 16 heavy (non-hydrogen) atoms. The minimum Gasteiger partial charge on any atom is -0.342 e. The van der Waals surface area contributed by atoms with Crippen molar-refractivity contribution in [2.24, 2.45) is 0 Å². The van der Waals surface area contributed by atoms with E-state index in [9.17, 15) is 0 Å². The Hall–Kier alpha value is -1.61. The zero-order chi connectivity index (χ0) is 11.7. The molecule has 4 heteroatoms. The van der Waals surface area contributed by atoms with Crippen LogP contribution in [0, 0.1) is 13.8 Å². The molecule has 2 aromatic heterocycles. The minimum absolute atomic E-state index is 0.614. The summed E-state index contributed by atoms with van der Waals surface area (Å²) in [7, 11) is 0. The molecule has 0 amide bonds. The summed E-state index contributed by atoms with van der Waals surface area (Å²) in [6, 6.07) is 3.62. The van der Waals surface area contributed by atoms with Gasteiger partial charge in [0.05, 0.1) is 16.4 Å². The van der Waals surface area contributed by atoms with Crippen molar-refractivity contribution in [1.82, 2.24) is 15.0 Å². The average Bonchev–Trinajstić information content (AvgIpc) is 2.59. The van der Waals surface area contributed by atoms with E-state index in [1.165, 1.54) is 0 Å². The lowest BCUT2D eigenvalue weighted by Gasteiger charge is -2.01. The van der Waals surface area contributed by atoms with Gasteiger partial charge in [0, 0.05) is 17.5 Å². The van der Waals surface area contributed by atoms with Crippen LogP contribution in [0.15, 0.2) is 24.9 Å². The van der Waals surface area contributed by atoms with Gasteiger partial charge < -0.3 is 4.98 Å². The highest BCUT2D eigenvalue weighted by atomic mass is 35.5. The highest BCUT2D eigenvalue weighted by Crippen LogP contribution is 2.19. The van der Waals surface area contributed by atoms with Gasteiger partial charge in [-0.3, -0.25) is 4.98 Å². The Balaban J connectivity index is 2.35. The summed E-state index contributed by atoms with van der Waals surface area (Å²) in [6.07, 6.45) is 1.60.